The van der Waals surface area contributed by atoms with E-state index in [1.54, 1.807) is 7.11 Å². The van der Waals surface area contributed by atoms with Gasteiger partial charge >= 0.3 is 17.9 Å². The lowest BCUT2D eigenvalue weighted by Crippen LogP contribution is -2.42. The molecule has 2 aliphatic rings. The van der Waals surface area contributed by atoms with Crippen LogP contribution in [0.1, 0.15) is 42.8 Å². The van der Waals surface area contributed by atoms with Crippen molar-refractivity contribution in [2.45, 2.75) is 57.0 Å². The van der Waals surface area contributed by atoms with Crippen LogP contribution >= 0.6 is 0 Å². The predicted octanol–water partition coefficient (Wildman–Crippen LogP) is 2.05. The Balaban J connectivity index is 0.000000316. The lowest BCUT2D eigenvalue weighted by atomic mass is 9.96. The van der Waals surface area contributed by atoms with E-state index in [0.717, 1.165) is 89.2 Å². The fourth-order valence-electron chi connectivity index (χ4n) is 4.76. The average molecular weight is 593 g/mol. The van der Waals surface area contributed by atoms with Crippen LogP contribution in [0, 0.1) is 0 Å². The first kappa shape index (κ1) is 33.0. The Hall–Kier alpha value is -3.49. The Labute approximate surface area is 244 Å². The highest BCUT2D eigenvalue weighted by molar-refractivity contribution is 5.88. The molecule has 1 aromatic carbocycles. The van der Waals surface area contributed by atoms with E-state index in [1.807, 2.05) is 12.1 Å². The number of benzene rings is 1. The van der Waals surface area contributed by atoms with Crippen LogP contribution in [0.15, 0.2) is 40.8 Å². The molecule has 0 saturated carbocycles. The third-order valence-corrected chi connectivity index (χ3v) is 6.92. The SMILES string of the molecule is COc1ccc(CN(Cc2ccc(CN3CCOCC3)o2)CC2CCCO2)cc1.O=C(O)CC(O)(CC(=O)O)C(=O)O. The van der Waals surface area contributed by atoms with Crippen molar-refractivity contribution in [3.63, 3.8) is 0 Å². The minimum Gasteiger partial charge on any atom is -0.497 e. The first-order valence-electron chi connectivity index (χ1n) is 13.8. The molecule has 4 rings (SSSR count). The molecular formula is C29H40N2O11. The van der Waals surface area contributed by atoms with Crippen LogP contribution in [0.2, 0.25) is 0 Å². The van der Waals surface area contributed by atoms with E-state index in [-0.39, 0.29) is 0 Å². The van der Waals surface area contributed by atoms with Gasteiger partial charge in [-0.1, -0.05) is 12.1 Å². The summed E-state index contributed by atoms with van der Waals surface area (Å²) in [5.41, 5.74) is -1.47. The second kappa shape index (κ2) is 16.2. The van der Waals surface area contributed by atoms with Gasteiger partial charge in [-0.25, -0.2) is 4.79 Å². The van der Waals surface area contributed by atoms with E-state index in [0.29, 0.717) is 6.10 Å². The van der Waals surface area contributed by atoms with Gasteiger partial charge in [0.05, 0.1) is 52.4 Å². The van der Waals surface area contributed by atoms with Gasteiger partial charge in [-0.05, 0) is 42.7 Å². The molecule has 0 amide bonds. The highest BCUT2D eigenvalue weighted by Gasteiger charge is 2.40. The van der Waals surface area contributed by atoms with Crippen LogP contribution in [0.5, 0.6) is 5.75 Å². The van der Waals surface area contributed by atoms with Crippen molar-refractivity contribution in [2.24, 2.45) is 0 Å². The molecule has 42 heavy (non-hydrogen) atoms. The van der Waals surface area contributed by atoms with E-state index >= 15 is 0 Å². The third kappa shape index (κ3) is 11.1. The molecule has 1 aromatic heterocycles. The molecule has 0 radical (unpaired) electrons. The number of methoxy groups -OCH3 is 1. The first-order chi connectivity index (χ1) is 20.1. The van der Waals surface area contributed by atoms with E-state index < -0.39 is 36.4 Å². The maximum absolute atomic E-state index is 10.3. The number of aliphatic hydroxyl groups is 1. The van der Waals surface area contributed by atoms with Crippen LogP contribution in [0.4, 0.5) is 0 Å². The zero-order valence-corrected chi connectivity index (χ0v) is 23.8. The van der Waals surface area contributed by atoms with Crippen molar-refractivity contribution >= 4 is 17.9 Å². The maximum Gasteiger partial charge on any atom is 0.336 e. The number of morpholine rings is 1. The molecule has 4 N–H and O–H groups in total. The van der Waals surface area contributed by atoms with E-state index in [4.69, 9.17) is 39.1 Å². The van der Waals surface area contributed by atoms with Gasteiger partial charge in [0.2, 0.25) is 0 Å². The molecule has 13 nitrogen and oxygen atoms in total. The highest BCUT2D eigenvalue weighted by atomic mass is 16.5. The van der Waals surface area contributed by atoms with Crippen molar-refractivity contribution < 1.29 is 53.4 Å². The van der Waals surface area contributed by atoms with Crippen molar-refractivity contribution in [3.8, 4) is 5.75 Å². The van der Waals surface area contributed by atoms with Gasteiger partial charge in [-0.15, -0.1) is 0 Å². The Morgan fingerprint density at radius 2 is 1.60 bits per heavy atom. The number of rotatable bonds is 14. The molecule has 0 spiro atoms. The minimum absolute atomic E-state index is 0.316. The molecule has 0 bridgehead atoms. The Bertz CT molecular complexity index is 1120. The number of carbonyl (C=O) groups is 3. The zero-order chi connectivity index (χ0) is 30.5. The van der Waals surface area contributed by atoms with Crippen LogP contribution in [-0.4, -0.2) is 106 Å². The summed E-state index contributed by atoms with van der Waals surface area (Å²) in [5.74, 6) is -2.09. The van der Waals surface area contributed by atoms with Gasteiger partial charge in [-0.2, -0.15) is 0 Å². The molecule has 1 atom stereocenters. The van der Waals surface area contributed by atoms with Crippen LogP contribution < -0.4 is 4.74 Å². The van der Waals surface area contributed by atoms with E-state index in [1.165, 1.54) is 5.56 Å². The number of furan rings is 1. The number of carboxylic acid groups (broad SMARTS) is 3. The quantitative estimate of drug-likeness (QED) is 0.251. The molecule has 2 aromatic rings. The van der Waals surface area contributed by atoms with Crippen molar-refractivity contribution in [1.29, 1.82) is 0 Å². The predicted molar refractivity (Wildman–Crippen MR) is 148 cm³/mol. The summed E-state index contributed by atoms with van der Waals surface area (Å²) in [6.07, 6.45) is 0.324. The molecule has 2 saturated heterocycles. The first-order valence-corrected chi connectivity index (χ1v) is 13.8. The number of ether oxygens (including phenoxy) is 3. The van der Waals surface area contributed by atoms with Crippen LogP contribution in [0.3, 0.4) is 0 Å². The monoisotopic (exact) mass is 592 g/mol. The summed E-state index contributed by atoms with van der Waals surface area (Å²) in [5, 5.41) is 33.8. The largest absolute Gasteiger partial charge is 0.497 e. The van der Waals surface area contributed by atoms with Crippen molar-refractivity contribution in [1.82, 2.24) is 9.80 Å². The lowest BCUT2D eigenvalue weighted by molar-refractivity contribution is -0.170. The normalized spacial score (nSPS) is 17.5. The molecular weight excluding hydrogens is 552 g/mol. The number of hydrogen-bond donors (Lipinski definition) is 4. The molecule has 3 heterocycles. The second-order valence-electron chi connectivity index (χ2n) is 10.4. The second-order valence-corrected chi connectivity index (χ2v) is 10.4. The molecule has 1 unspecified atom stereocenters. The number of aliphatic carboxylic acids is 3. The third-order valence-electron chi connectivity index (χ3n) is 6.92. The fraction of sp³-hybridized carbons (Fsp3) is 0.552. The summed E-state index contributed by atoms with van der Waals surface area (Å²) in [7, 11) is 1.70. The summed E-state index contributed by atoms with van der Waals surface area (Å²) < 4.78 is 22.8. The number of hydrogen-bond acceptors (Lipinski definition) is 10. The van der Waals surface area contributed by atoms with Crippen molar-refractivity contribution in [3.05, 3.63) is 53.5 Å². The fourth-order valence-corrected chi connectivity index (χ4v) is 4.76. The molecule has 0 aliphatic carbocycles. The van der Waals surface area contributed by atoms with Gasteiger partial charge in [0.15, 0.2) is 5.60 Å². The smallest absolute Gasteiger partial charge is 0.336 e. The summed E-state index contributed by atoms with van der Waals surface area (Å²) in [4.78, 5) is 35.3. The van der Waals surface area contributed by atoms with Gasteiger partial charge in [0.25, 0.3) is 0 Å². The van der Waals surface area contributed by atoms with E-state index in [9.17, 15) is 14.4 Å². The standard InChI is InChI=1S/C23H32N2O4.C6H8O7/c1-26-20-6-4-19(5-7-20)15-25(16-21-3-2-12-28-21)18-23-9-8-22(29-23)17-24-10-13-27-14-11-24;7-3(8)1-6(13,5(11)12)2-4(9)10/h4-9,21H,2-3,10-18H2,1H3;13H,1-2H2,(H,7,8)(H,9,10)(H,11,12). The lowest BCUT2D eigenvalue weighted by Gasteiger charge is -2.26. The van der Waals surface area contributed by atoms with Gasteiger partial charge in [0.1, 0.15) is 17.3 Å². The zero-order valence-electron chi connectivity index (χ0n) is 23.8. The average Bonchev–Trinajstić information content (AvgIpc) is 3.61. The number of nitrogens with zero attached hydrogens (tertiary/aromatic N) is 2. The van der Waals surface area contributed by atoms with Gasteiger partial charge < -0.3 is 39.1 Å². The van der Waals surface area contributed by atoms with Crippen LogP contribution in [-0.2, 0) is 43.5 Å². The summed E-state index contributed by atoms with van der Waals surface area (Å²) >= 11 is 0. The maximum atomic E-state index is 10.3. The Morgan fingerprint density at radius 1 is 0.952 bits per heavy atom. The molecule has 232 valence electrons. The minimum atomic E-state index is -2.74. The van der Waals surface area contributed by atoms with Gasteiger partial charge in [0, 0.05) is 32.8 Å². The topological polar surface area (TPSA) is 179 Å². The number of carboxylic acids is 3. The summed E-state index contributed by atoms with van der Waals surface area (Å²) in [6.45, 7) is 7.87. The molecule has 2 aliphatic heterocycles. The molecule has 13 heteroatoms. The van der Waals surface area contributed by atoms with Gasteiger partial charge in [-0.3, -0.25) is 19.4 Å². The summed E-state index contributed by atoms with van der Waals surface area (Å²) in [6, 6.07) is 12.5. The Kier molecular flexibility index (Phi) is 12.8. The Morgan fingerprint density at radius 3 is 2.14 bits per heavy atom. The van der Waals surface area contributed by atoms with Crippen molar-refractivity contribution in [2.75, 3.05) is 46.6 Å². The molecule has 2 fully saturated rings. The highest BCUT2D eigenvalue weighted by Crippen LogP contribution is 2.20. The van der Waals surface area contributed by atoms with Crippen LogP contribution in [0.25, 0.3) is 0 Å². The van der Waals surface area contributed by atoms with E-state index in [2.05, 4.69) is 34.1 Å².